The quantitative estimate of drug-likeness (QED) is 0.767. The van der Waals surface area contributed by atoms with Gasteiger partial charge in [-0.25, -0.2) is 8.78 Å². The Labute approximate surface area is 85.3 Å². The summed E-state index contributed by atoms with van der Waals surface area (Å²) < 4.78 is 26.1. The molecular weight excluding hydrogens is 212 g/mol. The summed E-state index contributed by atoms with van der Waals surface area (Å²) in [6.07, 6.45) is 0.163. The number of hydrogen-bond acceptors (Lipinski definition) is 2. The Hall–Kier alpha value is -0.710. The molecule has 5 heteroatoms. The number of aliphatic hydroxyl groups is 1. The molecule has 0 heterocycles. The molecule has 1 aromatic carbocycles. The van der Waals surface area contributed by atoms with Crippen LogP contribution in [0.3, 0.4) is 0 Å². The van der Waals surface area contributed by atoms with Crippen LogP contribution in [-0.4, -0.2) is 11.7 Å². The second-order valence-electron chi connectivity index (χ2n) is 2.91. The maximum atomic E-state index is 13.3. The fourth-order valence-electron chi connectivity index (χ4n) is 1.14. The molecule has 1 atom stereocenters. The Bertz CT molecular complexity index is 333. The molecule has 0 aliphatic rings. The Morgan fingerprint density at radius 1 is 1.43 bits per heavy atom. The molecule has 0 radical (unpaired) electrons. The first-order chi connectivity index (χ1) is 6.56. The van der Waals surface area contributed by atoms with Gasteiger partial charge >= 0.3 is 0 Å². The lowest BCUT2D eigenvalue weighted by atomic mass is 10.0. The summed E-state index contributed by atoms with van der Waals surface area (Å²) in [5.74, 6) is -1.37. The smallest absolute Gasteiger partial charge is 0.146 e. The molecule has 78 valence electrons. The van der Waals surface area contributed by atoms with E-state index in [1.807, 2.05) is 0 Å². The number of nitrogens with two attached hydrogens (primary N) is 1. The zero-order valence-electron chi connectivity index (χ0n) is 7.30. The van der Waals surface area contributed by atoms with Gasteiger partial charge in [-0.1, -0.05) is 11.6 Å². The van der Waals surface area contributed by atoms with Gasteiger partial charge in [-0.05, 0) is 18.6 Å². The second-order valence-corrected chi connectivity index (χ2v) is 3.32. The van der Waals surface area contributed by atoms with Gasteiger partial charge in [0, 0.05) is 18.2 Å². The minimum atomic E-state index is -0.742. The van der Waals surface area contributed by atoms with Gasteiger partial charge in [0.05, 0.1) is 5.02 Å². The van der Waals surface area contributed by atoms with Crippen molar-refractivity contribution in [1.29, 1.82) is 0 Å². The Morgan fingerprint density at radius 2 is 2.07 bits per heavy atom. The SMILES string of the molecule is NC(CCO)c1cc(F)cc(Cl)c1F. The van der Waals surface area contributed by atoms with Crippen molar-refractivity contribution < 1.29 is 13.9 Å². The molecule has 0 aromatic heterocycles. The number of hydrogen-bond donors (Lipinski definition) is 2. The largest absolute Gasteiger partial charge is 0.396 e. The third-order valence-electron chi connectivity index (χ3n) is 1.86. The maximum Gasteiger partial charge on any atom is 0.146 e. The highest BCUT2D eigenvalue weighted by Crippen LogP contribution is 2.25. The van der Waals surface area contributed by atoms with Crippen LogP contribution in [0.1, 0.15) is 18.0 Å². The van der Waals surface area contributed by atoms with Crippen LogP contribution in [0.4, 0.5) is 8.78 Å². The topological polar surface area (TPSA) is 46.2 Å². The molecule has 0 bridgehead atoms. The van der Waals surface area contributed by atoms with Crippen molar-refractivity contribution in [2.75, 3.05) is 6.61 Å². The average Bonchev–Trinajstić information content (AvgIpc) is 2.11. The van der Waals surface area contributed by atoms with E-state index in [9.17, 15) is 8.78 Å². The highest BCUT2D eigenvalue weighted by Gasteiger charge is 2.15. The summed E-state index contributed by atoms with van der Waals surface area (Å²) in [7, 11) is 0. The molecule has 2 nitrogen and oxygen atoms in total. The van der Waals surface area contributed by atoms with Gasteiger partial charge in [-0.2, -0.15) is 0 Å². The van der Waals surface area contributed by atoms with Crippen molar-refractivity contribution in [3.8, 4) is 0 Å². The fourth-order valence-corrected chi connectivity index (χ4v) is 1.35. The van der Waals surface area contributed by atoms with Crippen LogP contribution < -0.4 is 5.73 Å². The molecule has 14 heavy (non-hydrogen) atoms. The fraction of sp³-hybridized carbons (Fsp3) is 0.333. The van der Waals surface area contributed by atoms with Crippen LogP contribution in [0.25, 0.3) is 0 Å². The summed E-state index contributed by atoms with van der Waals surface area (Å²) >= 11 is 5.43. The van der Waals surface area contributed by atoms with Crippen LogP contribution in [0.2, 0.25) is 5.02 Å². The van der Waals surface area contributed by atoms with Gasteiger partial charge < -0.3 is 10.8 Å². The average molecular weight is 222 g/mol. The van der Waals surface area contributed by atoms with E-state index in [0.29, 0.717) is 0 Å². The Morgan fingerprint density at radius 3 is 2.64 bits per heavy atom. The molecule has 0 aliphatic heterocycles. The highest BCUT2D eigenvalue weighted by molar-refractivity contribution is 6.30. The zero-order valence-corrected chi connectivity index (χ0v) is 8.06. The molecule has 0 amide bonds. The predicted octanol–water partition coefficient (Wildman–Crippen LogP) is 2.00. The van der Waals surface area contributed by atoms with Gasteiger partial charge in [0.1, 0.15) is 11.6 Å². The molecule has 1 unspecified atom stereocenters. The Kier molecular flexibility index (Phi) is 3.80. The van der Waals surface area contributed by atoms with E-state index >= 15 is 0 Å². The summed E-state index contributed by atoms with van der Waals surface area (Å²) in [5.41, 5.74) is 5.51. The highest BCUT2D eigenvalue weighted by atomic mass is 35.5. The summed E-state index contributed by atoms with van der Waals surface area (Å²) in [6.45, 7) is -0.186. The first-order valence-electron chi connectivity index (χ1n) is 4.07. The standard InChI is InChI=1S/C9H10ClF2NO/c10-7-4-5(11)3-6(9(7)12)8(13)1-2-14/h3-4,8,14H,1-2,13H2. The van der Waals surface area contributed by atoms with Crippen molar-refractivity contribution in [1.82, 2.24) is 0 Å². The van der Waals surface area contributed by atoms with Crippen LogP contribution in [0.15, 0.2) is 12.1 Å². The van der Waals surface area contributed by atoms with E-state index in [1.165, 1.54) is 0 Å². The molecule has 3 N–H and O–H groups in total. The van der Waals surface area contributed by atoms with E-state index in [4.69, 9.17) is 22.4 Å². The molecule has 1 rings (SSSR count). The summed E-state index contributed by atoms with van der Waals surface area (Å²) in [6, 6.07) is 1.13. The number of halogens is 3. The van der Waals surface area contributed by atoms with Gasteiger partial charge in [0.15, 0.2) is 0 Å². The number of rotatable bonds is 3. The lowest BCUT2D eigenvalue weighted by Crippen LogP contribution is -2.14. The lowest BCUT2D eigenvalue weighted by Gasteiger charge is -2.12. The molecular formula is C9H10ClF2NO. The molecule has 1 aromatic rings. The van der Waals surface area contributed by atoms with E-state index < -0.39 is 17.7 Å². The molecule has 0 aliphatic carbocycles. The summed E-state index contributed by atoms with van der Waals surface area (Å²) in [5, 5.41) is 8.30. The molecule has 0 saturated carbocycles. The summed E-state index contributed by atoms with van der Waals surface area (Å²) in [4.78, 5) is 0. The number of benzene rings is 1. The predicted molar refractivity (Wildman–Crippen MR) is 50.0 cm³/mol. The third kappa shape index (κ3) is 2.41. The van der Waals surface area contributed by atoms with E-state index in [2.05, 4.69) is 0 Å². The van der Waals surface area contributed by atoms with Crippen molar-refractivity contribution in [3.63, 3.8) is 0 Å². The van der Waals surface area contributed by atoms with Crippen molar-refractivity contribution >= 4 is 11.6 Å². The molecule has 0 saturated heterocycles. The monoisotopic (exact) mass is 221 g/mol. The molecule has 0 fully saturated rings. The van der Waals surface area contributed by atoms with Gasteiger partial charge in [-0.3, -0.25) is 0 Å². The number of aliphatic hydroxyl groups excluding tert-OH is 1. The van der Waals surface area contributed by atoms with Gasteiger partial charge in [0.25, 0.3) is 0 Å². The normalized spacial score (nSPS) is 12.9. The van der Waals surface area contributed by atoms with Crippen molar-refractivity contribution in [2.45, 2.75) is 12.5 Å². The Balaban J connectivity index is 3.07. The molecule has 0 spiro atoms. The first-order valence-corrected chi connectivity index (χ1v) is 4.45. The third-order valence-corrected chi connectivity index (χ3v) is 2.14. The second kappa shape index (κ2) is 4.68. The minimum Gasteiger partial charge on any atom is -0.396 e. The van der Waals surface area contributed by atoms with Crippen molar-refractivity contribution in [3.05, 3.63) is 34.4 Å². The minimum absolute atomic E-state index is 0.0101. The van der Waals surface area contributed by atoms with E-state index in [1.54, 1.807) is 0 Å². The lowest BCUT2D eigenvalue weighted by molar-refractivity contribution is 0.275. The van der Waals surface area contributed by atoms with Gasteiger partial charge in [0.2, 0.25) is 0 Å². The first kappa shape index (κ1) is 11.4. The van der Waals surface area contributed by atoms with E-state index in [0.717, 1.165) is 12.1 Å². The zero-order chi connectivity index (χ0) is 10.7. The van der Waals surface area contributed by atoms with E-state index in [-0.39, 0.29) is 23.6 Å². The maximum absolute atomic E-state index is 13.3. The van der Waals surface area contributed by atoms with Crippen LogP contribution in [0, 0.1) is 11.6 Å². The van der Waals surface area contributed by atoms with Crippen LogP contribution >= 0.6 is 11.6 Å². The van der Waals surface area contributed by atoms with Gasteiger partial charge in [-0.15, -0.1) is 0 Å². The van der Waals surface area contributed by atoms with Crippen molar-refractivity contribution in [2.24, 2.45) is 5.73 Å². The van der Waals surface area contributed by atoms with Crippen LogP contribution in [-0.2, 0) is 0 Å². The van der Waals surface area contributed by atoms with Crippen LogP contribution in [0.5, 0.6) is 0 Å².